The third-order valence-corrected chi connectivity index (χ3v) is 6.58. The van der Waals surface area contributed by atoms with E-state index in [4.69, 9.17) is 22.1 Å². The Morgan fingerprint density at radius 2 is 2.00 bits per heavy atom. The molecule has 0 amide bonds. The molecule has 3 N–H and O–H groups in total. The summed E-state index contributed by atoms with van der Waals surface area (Å²) in [5.41, 5.74) is 6.52. The molecule has 1 aromatic heterocycles. The lowest BCUT2D eigenvalue weighted by Crippen LogP contribution is -2.45. The fourth-order valence-corrected chi connectivity index (χ4v) is 4.81. The number of hydrogen-bond donors (Lipinski definition) is 2. The summed E-state index contributed by atoms with van der Waals surface area (Å²) < 4.78 is 6.22. The normalized spacial score (nSPS) is 28.0. The maximum absolute atomic E-state index is 11.9. The van der Waals surface area contributed by atoms with E-state index in [1.807, 2.05) is 12.1 Å². The summed E-state index contributed by atoms with van der Waals surface area (Å²) in [6.45, 7) is 2.16. The molecule has 0 spiro atoms. The van der Waals surface area contributed by atoms with E-state index in [1.165, 1.54) is 12.8 Å². The first-order chi connectivity index (χ1) is 12.0. The molecule has 2 aliphatic carbocycles. The monoisotopic (exact) mass is 360 g/mol. The van der Waals surface area contributed by atoms with Gasteiger partial charge in [0.05, 0.1) is 11.1 Å². The van der Waals surface area contributed by atoms with Gasteiger partial charge in [-0.1, -0.05) is 11.6 Å². The molecule has 5 heteroatoms. The van der Waals surface area contributed by atoms with E-state index in [0.717, 1.165) is 37.0 Å². The third-order valence-electron chi connectivity index (χ3n) is 6.28. The van der Waals surface area contributed by atoms with Crippen molar-refractivity contribution in [2.24, 2.45) is 17.1 Å². The van der Waals surface area contributed by atoms with Crippen molar-refractivity contribution in [1.82, 2.24) is 4.98 Å². The van der Waals surface area contributed by atoms with Crippen LogP contribution in [-0.4, -0.2) is 17.1 Å². The minimum absolute atomic E-state index is 0.130. The lowest BCUT2D eigenvalue weighted by molar-refractivity contribution is 0.0489. The van der Waals surface area contributed by atoms with Gasteiger partial charge in [-0.05, 0) is 80.4 Å². The first-order valence-corrected chi connectivity index (χ1v) is 9.60. The molecule has 25 heavy (non-hydrogen) atoms. The average Bonchev–Trinajstić information content (AvgIpc) is 3.42. The van der Waals surface area contributed by atoms with Gasteiger partial charge in [0, 0.05) is 17.6 Å². The van der Waals surface area contributed by atoms with E-state index in [-0.39, 0.29) is 17.7 Å². The van der Waals surface area contributed by atoms with Crippen LogP contribution in [0, 0.1) is 11.3 Å². The highest BCUT2D eigenvalue weighted by molar-refractivity contribution is 6.32. The number of aromatic nitrogens is 1. The highest BCUT2D eigenvalue weighted by Crippen LogP contribution is 2.55. The van der Waals surface area contributed by atoms with Crippen LogP contribution in [0.25, 0.3) is 10.8 Å². The minimum atomic E-state index is -0.130. The summed E-state index contributed by atoms with van der Waals surface area (Å²) in [5.74, 6) is 1.48. The molecule has 0 unspecified atom stereocenters. The molecule has 0 aliphatic heterocycles. The van der Waals surface area contributed by atoms with E-state index in [1.54, 1.807) is 12.3 Å². The summed E-state index contributed by atoms with van der Waals surface area (Å²) in [5, 5.41) is 1.94. The zero-order valence-corrected chi connectivity index (χ0v) is 15.3. The number of pyridine rings is 1. The van der Waals surface area contributed by atoms with Crippen LogP contribution in [0.5, 0.6) is 5.75 Å². The molecule has 2 aromatic rings. The molecule has 134 valence electrons. The molecule has 1 atom stereocenters. The van der Waals surface area contributed by atoms with Crippen molar-refractivity contribution < 1.29 is 4.74 Å². The number of rotatable bonds is 4. The number of halogens is 1. The van der Waals surface area contributed by atoms with E-state index >= 15 is 0 Å². The standard InChI is InChI=1S/C20H25ClN2O2/c1-12(22)20(14-2-3-14)7-4-15(5-8-20)25-18-10-13-6-9-23-19(24)16(13)11-17(18)21/h6,9-12,14-15H,2-5,7-8,22H2,1H3,(H,23,24)/t12-,15?,20?/m1/s1. The maximum Gasteiger partial charge on any atom is 0.255 e. The number of nitrogens with two attached hydrogens (primary N) is 1. The summed E-state index contributed by atoms with van der Waals surface area (Å²) in [7, 11) is 0. The molecular weight excluding hydrogens is 336 g/mol. The van der Waals surface area contributed by atoms with Crippen LogP contribution in [-0.2, 0) is 0 Å². The number of fused-ring (bicyclic) bond motifs is 1. The SMILES string of the molecule is C[C@@H](N)C1(C2CC2)CCC(Oc2cc3cc[nH]c(=O)c3cc2Cl)CC1. The third kappa shape index (κ3) is 3.06. The summed E-state index contributed by atoms with van der Waals surface area (Å²) in [4.78, 5) is 14.5. The van der Waals surface area contributed by atoms with Gasteiger partial charge in [0.25, 0.3) is 5.56 Å². The van der Waals surface area contributed by atoms with Crippen molar-refractivity contribution in [3.05, 3.63) is 39.8 Å². The number of benzene rings is 1. The van der Waals surface area contributed by atoms with Crippen LogP contribution >= 0.6 is 11.6 Å². The van der Waals surface area contributed by atoms with E-state index in [2.05, 4.69) is 11.9 Å². The summed E-state index contributed by atoms with van der Waals surface area (Å²) >= 11 is 6.36. The van der Waals surface area contributed by atoms with Crippen LogP contribution in [0.3, 0.4) is 0 Å². The molecule has 2 saturated carbocycles. The molecule has 4 nitrogen and oxygen atoms in total. The number of hydrogen-bond acceptors (Lipinski definition) is 3. The zero-order chi connectivity index (χ0) is 17.6. The zero-order valence-electron chi connectivity index (χ0n) is 14.6. The second-order valence-electron chi connectivity index (χ2n) is 7.79. The van der Waals surface area contributed by atoms with Gasteiger partial charge < -0.3 is 15.5 Å². The Morgan fingerprint density at radius 1 is 1.28 bits per heavy atom. The van der Waals surface area contributed by atoms with Crippen LogP contribution < -0.4 is 16.0 Å². The minimum Gasteiger partial charge on any atom is -0.489 e. The molecule has 1 heterocycles. The Balaban J connectivity index is 1.51. The predicted molar refractivity (Wildman–Crippen MR) is 101 cm³/mol. The molecule has 4 rings (SSSR count). The number of aromatic amines is 1. The Bertz CT molecular complexity index is 829. The van der Waals surface area contributed by atoms with Crippen LogP contribution in [0.4, 0.5) is 0 Å². The molecular formula is C20H25ClN2O2. The largest absolute Gasteiger partial charge is 0.489 e. The predicted octanol–water partition coefficient (Wildman–Crippen LogP) is 4.25. The number of nitrogens with one attached hydrogen (secondary N) is 1. The van der Waals surface area contributed by atoms with Crippen molar-refractivity contribution in [2.75, 3.05) is 0 Å². The van der Waals surface area contributed by atoms with Crippen molar-refractivity contribution in [1.29, 1.82) is 0 Å². The van der Waals surface area contributed by atoms with Crippen LogP contribution in [0.15, 0.2) is 29.2 Å². The second-order valence-corrected chi connectivity index (χ2v) is 8.20. The fourth-order valence-electron chi connectivity index (χ4n) is 4.60. The summed E-state index contributed by atoms with van der Waals surface area (Å²) in [6, 6.07) is 5.69. The molecule has 1 aromatic carbocycles. The smallest absolute Gasteiger partial charge is 0.255 e. The van der Waals surface area contributed by atoms with Gasteiger partial charge in [0.2, 0.25) is 0 Å². The fraction of sp³-hybridized carbons (Fsp3) is 0.550. The Morgan fingerprint density at radius 3 is 2.64 bits per heavy atom. The lowest BCUT2D eigenvalue weighted by atomic mass is 9.66. The second kappa shape index (κ2) is 6.33. The average molecular weight is 361 g/mol. The quantitative estimate of drug-likeness (QED) is 0.856. The summed E-state index contributed by atoms with van der Waals surface area (Å²) in [6.07, 6.45) is 8.77. The van der Waals surface area contributed by atoms with Crippen LogP contribution in [0.2, 0.25) is 5.02 Å². The van der Waals surface area contributed by atoms with Crippen molar-refractivity contribution >= 4 is 22.4 Å². The Labute approximate surface area is 152 Å². The van der Waals surface area contributed by atoms with Gasteiger partial charge in [-0.15, -0.1) is 0 Å². The highest BCUT2D eigenvalue weighted by Gasteiger charge is 2.49. The van der Waals surface area contributed by atoms with Gasteiger partial charge in [0.15, 0.2) is 0 Å². The van der Waals surface area contributed by atoms with Gasteiger partial charge in [0.1, 0.15) is 5.75 Å². The van der Waals surface area contributed by atoms with Crippen LogP contribution in [0.1, 0.15) is 45.4 Å². The van der Waals surface area contributed by atoms with E-state index in [0.29, 0.717) is 21.6 Å². The Hall–Kier alpha value is -1.52. The van der Waals surface area contributed by atoms with Crippen molar-refractivity contribution in [3.8, 4) is 5.75 Å². The van der Waals surface area contributed by atoms with Gasteiger partial charge in [-0.3, -0.25) is 4.79 Å². The van der Waals surface area contributed by atoms with E-state index < -0.39 is 0 Å². The number of ether oxygens (including phenoxy) is 1. The highest BCUT2D eigenvalue weighted by atomic mass is 35.5. The first kappa shape index (κ1) is 16.9. The van der Waals surface area contributed by atoms with E-state index in [9.17, 15) is 4.79 Å². The van der Waals surface area contributed by atoms with Gasteiger partial charge in [-0.2, -0.15) is 0 Å². The molecule has 0 bridgehead atoms. The van der Waals surface area contributed by atoms with Crippen molar-refractivity contribution in [2.45, 2.75) is 57.6 Å². The first-order valence-electron chi connectivity index (χ1n) is 9.23. The van der Waals surface area contributed by atoms with Crippen molar-refractivity contribution in [3.63, 3.8) is 0 Å². The van der Waals surface area contributed by atoms with Gasteiger partial charge >= 0.3 is 0 Å². The lowest BCUT2D eigenvalue weighted by Gasteiger charge is -2.43. The Kier molecular flexibility index (Phi) is 4.28. The molecule has 2 fully saturated rings. The molecule has 0 saturated heterocycles. The van der Waals surface area contributed by atoms with Gasteiger partial charge in [-0.25, -0.2) is 0 Å². The topological polar surface area (TPSA) is 68.1 Å². The number of H-pyrrole nitrogens is 1. The molecule has 0 radical (unpaired) electrons. The molecule has 2 aliphatic rings. The maximum atomic E-state index is 11.9.